The smallest absolute Gasteiger partial charge is 0.356 e. The Hall–Kier alpha value is -1.39. The second kappa shape index (κ2) is 10.1. The summed E-state index contributed by atoms with van der Waals surface area (Å²) in [5.41, 5.74) is -0.842. The molecule has 0 atom stereocenters. The van der Waals surface area contributed by atoms with Gasteiger partial charge in [-0.3, -0.25) is 4.99 Å². The lowest BCUT2D eigenvalue weighted by atomic mass is 10.3. The van der Waals surface area contributed by atoms with Gasteiger partial charge in [-0.15, -0.1) is 11.3 Å². The van der Waals surface area contributed by atoms with E-state index in [9.17, 15) is 13.2 Å². The molecular weight excluding hydrogens is 365 g/mol. The van der Waals surface area contributed by atoms with Crippen molar-refractivity contribution in [3.8, 4) is 0 Å². The molecule has 0 radical (unpaired) electrons. The van der Waals surface area contributed by atoms with Gasteiger partial charge in [0.1, 0.15) is 5.01 Å². The van der Waals surface area contributed by atoms with Crippen LogP contribution in [-0.4, -0.2) is 74.1 Å². The standard InChI is InChI=1S/C16H27F3N6S/c1-20-15(22-11-14-23-13(12-26-14)16(17,18)19)21-5-3-7-25-8-4-6-24(2)9-10-25/h12H,3-11H2,1-2H3,(H2,20,21,22). The van der Waals surface area contributed by atoms with Crippen LogP contribution in [0.3, 0.4) is 0 Å². The molecule has 0 amide bonds. The van der Waals surface area contributed by atoms with Gasteiger partial charge >= 0.3 is 6.18 Å². The summed E-state index contributed by atoms with van der Waals surface area (Å²) in [6.45, 7) is 6.48. The fourth-order valence-electron chi connectivity index (χ4n) is 2.74. The SMILES string of the molecule is CN=C(NCCCN1CCCN(C)CC1)NCc1nc(C(F)(F)F)cs1. The van der Waals surface area contributed by atoms with E-state index in [2.05, 4.69) is 37.5 Å². The fraction of sp³-hybridized carbons (Fsp3) is 0.750. The molecule has 1 aliphatic heterocycles. The molecule has 1 fully saturated rings. The Kier molecular flexibility index (Phi) is 8.11. The molecule has 6 nitrogen and oxygen atoms in total. The minimum Gasteiger partial charge on any atom is -0.356 e. The fourth-order valence-corrected chi connectivity index (χ4v) is 3.48. The molecule has 0 spiro atoms. The maximum atomic E-state index is 12.6. The number of rotatable bonds is 6. The highest BCUT2D eigenvalue weighted by atomic mass is 32.1. The minimum atomic E-state index is -4.39. The van der Waals surface area contributed by atoms with Crippen molar-refractivity contribution in [2.45, 2.75) is 25.6 Å². The number of aliphatic imine (C=N–C) groups is 1. The lowest BCUT2D eigenvalue weighted by Gasteiger charge is -2.20. The molecule has 1 aromatic heterocycles. The Morgan fingerprint density at radius 2 is 2.08 bits per heavy atom. The molecule has 148 valence electrons. The van der Waals surface area contributed by atoms with Crippen LogP contribution in [0, 0.1) is 0 Å². The first-order valence-electron chi connectivity index (χ1n) is 8.75. The van der Waals surface area contributed by atoms with E-state index >= 15 is 0 Å². The Bertz CT molecular complexity index is 575. The van der Waals surface area contributed by atoms with E-state index in [1.807, 2.05) is 0 Å². The van der Waals surface area contributed by atoms with E-state index in [0.717, 1.165) is 62.4 Å². The Morgan fingerprint density at radius 1 is 1.27 bits per heavy atom. The number of aromatic nitrogens is 1. The first-order valence-corrected chi connectivity index (χ1v) is 9.63. The largest absolute Gasteiger partial charge is 0.434 e. The predicted molar refractivity (Wildman–Crippen MR) is 98.5 cm³/mol. The number of halogens is 3. The first-order chi connectivity index (χ1) is 12.4. The van der Waals surface area contributed by atoms with E-state index in [0.29, 0.717) is 11.0 Å². The molecule has 2 heterocycles. The summed E-state index contributed by atoms with van der Waals surface area (Å²) in [7, 11) is 3.80. The van der Waals surface area contributed by atoms with Crippen LogP contribution in [0.15, 0.2) is 10.4 Å². The van der Waals surface area contributed by atoms with E-state index < -0.39 is 11.9 Å². The Balaban J connectivity index is 1.65. The van der Waals surface area contributed by atoms with Crippen LogP contribution in [0.4, 0.5) is 13.2 Å². The van der Waals surface area contributed by atoms with Gasteiger partial charge in [0, 0.05) is 32.1 Å². The molecule has 1 saturated heterocycles. The van der Waals surface area contributed by atoms with Crippen molar-refractivity contribution in [3.05, 3.63) is 16.1 Å². The van der Waals surface area contributed by atoms with Crippen LogP contribution in [0.1, 0.15) is 23.5 Å². The molecule has 26 heavy (non-hydrogen) atoms. The van der Waals surface area contributed by atoms with Crippen molar-refractivity contribution in [1.82, 2.24) is 25.4 Å². The maximum absolute atomic E-state index is 12.6. The van der Waals surface area contributed by atoms with Crippen molar-refractivity contribution in [3.63, 3.8) is 0 Å². The summed E-state index contributed by atoms with van der Waals surface area (Å²) >= 11 is 0.991. The topological polar surface area (TPSA) is 55.8 Å². The normalized spacial score (nSPS) is 18.0. The van der Waals surface area contributed by atoms with Crippen LogP contribution >= 0.6 is 11.3 Å². The highest BCUT2D eigenvalue weighted by Gasteiger charge is 2.33. The summed E-state index contributed by atoms with van der Waals surface area (Å²) in [6, 6.07) is 0. The van der Waals surface area contributed by atoms with Crippen molar-refractivity contribution < 1.29 is 13.2 Å². The molecule has 0 saturated carbocycles. The van der Waals surface area contributed by atoms with Crippen LogP contribution in [0.2, 0.25) is 0 Å². The quantitative estimate of drug-likeness (QED) is 0.440. The monoisotopic (exact) mass is 392 g/mol. The summed E-state index contributed by atoms with van der Waals surface area (Å²) in [6.07, 6.45) is -2.21. The van der Waals surface area contributed by atoms with Gasteiger partial charge < -0.3 is 20.4 Å². The van der Waals surface area contributed by atoms with Crippen molar-refractivity contribution in [2.75, 3.05) is 53.4 Å². The van der Waals surface area contributed by atoms with Crippen LogP contribution in [0.5, 0.6) is 0 Å². The van der Waals surface area contributed by atoms with Gasteiger partial charge in [0.05, 0.1) is 6.54 Å². The molecule has 1 aromatic rings. The molecule has 0 aliphatic carbocycles. The molecule has 0 unspecified atom stereocenters. The van der Waals surface area contributed by atoms with E-state index in [-0.39, 0.29) is 6.54 Å². The third-order valence-electron chi connectivity index (χ3n) is 4.23. The van der Waals surface area contributed by atoms with Gasteiger partial charge in [-0.05, 0) is 39.5 Å². The van der Waals surface area contributed by atoms with Gasteiger partial charge in [0.25, 0.3) is 0 Å². The zero-order valence-electron chi connectivity index (χ0n) is 15.3. The summed E-state index contributed by atoms with van der Waals surface area (Å²) in [5, 5.41) is 7.62. The summed E-state index contributed by atoms with van der Waals surface area (Å²) < 4.78 is 37.7. The Morgan fingerprint density at radius 3 is 2.77 bits per heavy atom. The van der Waals surface area contributed by atoms with Crippen LogP contribution < -0.4 is 10.6 Å². The second-order valence-electron chi connectivity index (χ2n) is 6.33. The zero-order valence-corrected chi connectivity index (χ0v) is 16.1. The maximum Gasteiger partial charge on any atom is 0.434 e. The summed E-state index contributed by atoms with van der Waals surface area (Å²) in [4.78, 5) is 12.5. The second-order valence-corrected chi connectivity index (χ2v) is 7.27. The highest BCUT2D eigenvalue weighted by molar-refractivity contribution is 7.09. The van der Waals surface area contributed by atoms with Crippen LogP contribution in [-0.2, 0) is 12.7 Å². The Labute approximate surface area is 156 Å². The van der Waals surface area contributed by atoms with Crippen molar-refractivity contribution in [1.29, 1.82) is 0 Å². The van der Waals surface area contributed by atoms with E-state index in [1.54, 1.807) is 7.05 Å². The molecule has 0 aromatic carbocycles. The number of nitrogens with one attached hydrogen (secondary N) is 2. The molecule has 0 bridgehead atoms. The third-order valence-corrected chi connectivity index (χ3v) is 5.08. The lowest BCUT2D eigenvalue weighted by Crippen LogP contribution is -2.38. The lowest BCUT2D eigenvalue weighted by molar-refractivity contribution is -0.140. The number of likely N-dealkylation sites (N-methyl/N-ethyl adjacent to an activating group) is 1. The van der Waals surface area contributed by atoms with Gasteiger partial charge in [-0.1, -0.05) is 0 Å². The minimum absolute atomic E-state index is 0.221. The highest BCUT2D eigenvalue weighted by Crippen LogP contribution is 2.29. The molecular formula is C16H27F3N6S. The number of hydrogen-bond donors (Lipinski definition) is 2. The third kappa shape index (κ3) is 7.08. The molecule has 2 N–H and O–H groups in total. The number of hydrogen-bond acceptors (Lipinski definition) is 5. The van der Waals surface area contributed by atoms with E-state index in [1.165, 1.54) is 6.42 Å². The van der Waals surface area contributed by atoms with Crippen LogP contribution in [0.25, 0.3) is 0 Å². The summed E-state index contributed by atoms with van der Waals surface area (Å²) in [5.74, 6) is 0.573. The zero-order chi connectivity index (χ0) is 19.0. The van der Waals surface area contributed by atoms with Gasteiger partial charge in [-0.2, -0.15) is 13.2 Å². The number of guanidine groups is 1. The van der Waals surface area contributed by atoms with Crippen molar-refractivity contribution >= 4 is 17.3 Å². The number of nitrogens with zero attached hydrogens (tertiary/aromatic N) is 4. The number of thiazole rings is 1. The first kappa shape index (κ1) is 20.9. The van der Waals surface area contributed by atoms with Gasteiger partial charge in [0.15, 0.2) is 11.7 Å². The molecule has 2 rings (SSSR count). The van der Waals surface area contributed by atoms with Gasteiger partial charge in [-0.25, -0.2) is 4.98 Å². The average molecular weight is 392 g/mol. The van der Waals surface area contributed by atoms with E-state index in [4.69, 9.17) is 0 Å². The van der Waals surface area contributed by atoms with Gasteiger partial charge in [0.2, 0.25) is 0 Å². The van der Waals surface area contributed by atoms with Crippen molar-refractivity contribution in [2.24, 2.45) is 4.99 Å². The average Bonchev–Trinajstić information content (AvgIpc) is 2.98. The predicted octanol–water partition coefficient (Wildman–Crippen LogP) is 1.85. The number of alkyl halides is 3. The molecule has 10 heteroatoms. The molecule has 1 aliphatic rings.